The Kier molecular flexibility index (Phi) is 2.21. The second-order valence-electron chi connectivity index (χ2n) is 3.79. The lowest BCUT2D eigenvalue weighted by Gasteiger charge is -2.27. The molecule has 0 unspecified atom stereocenters. The molecule has 16 heavy (non-hydrogen) atoms. The van der Waals surface area contributed by atoms with Crippen LogP contribution in [0.3, 0.4) is 0 Å². The van der Waals surface area contributed by atoms with Crippen LogP contribution in [0.25, 0.3) is 10.9 Å². The van der Waals surface area contributed by atoms with Crippen molar-refractivity contribution in [1.29, 1.82) is 0 Å². The van der Waals surface area contributed by atoms with Gasteiger partial charge in [0, 0.05) is 16.9 Å². The van der Waals surface area contributed by atoms with Gasteiger partial charge in [-0.15, -0.1) is 10.2 Å². The van der Waals surface area contributed by atoms with Gasteiger partial charge in [-0.3, -0.25) is 0 Å². The molecular weight excluding hydrogens is 270 g/mol. The molecule has 0 fully saturated rings. The molecule has 2 aromatic rings. The van der Waals surface area contributed by atoms with Crippen molar-refractivity contribution in [3.8, 4) is 5.88 Å². The van der Waals surface area contributed by atoms with E-state index in [2.05, 4.69) is 31.0 Å². The summed E-state index contributed by atoms with van der Waals surface area (Å²) in [6, 6.07) is 5.97. The van der Waals surface area contributed by atoms with Gasteiger partial charge in [0.15, 0.2) is 0 Å². The van der Waals surface area contributed by atoms with Gasteiger partial charge in [-0.25, -0.2) is 0 Å². The Morgan fingerprint density at radius 3 is 3.12 bits per heavy atom. The monoisotopic (exact) mass is 279 g/mol. The van der Waals surface area contributed by atoms with E-state index in [0.29, 0.717) is 12.5 Å². The zero-order chi connectivity index (χ0) is 11.1. The van der Waals surface area contributed by atoms with Gasteiger partial charge in [-0.2, -0.15) is 0 Å². The maximum absolute atomic E-state index is 5.51. The number of aromatic nitrogens is 2. The highest BCUT2D eigenvalue weighted by molar-refractivity contribution is 9.10. The van der Waals surface area contributed by atoms with Crippen LogP contribution in [0.2, 0.25) is 0 Å². The molecule has 1 aliphatic rings. The summed E-state index contributed by atoms with van der Waals surface area (Å²) in [4.78, 5) is 2.16. The molecule has 4 nitrogen and oxygen atoms in total. The van der Waals surface area contributed by atoms with E-state index >= 15 is 0 Å². The summed E-state index contributed by atoms with van der Waals surface area (Å²) in [7, 11) is 2.05. The molecule has 2 heterocycles. The molecule has 0 aliphatic carbocycles. The summed E-state index contributed by atoms with van der Waals surface area (Å²) < 4.78 is 6.55. The van der Waals surface area contributed by atoms with E-state index in [1.54, 1.807) is 0 Å². The van der Waals surface area contributed by atoms with E-state index in [-0.39, 0.29) is 0 Å². The van der Waals surface area contributed by atoms with Crippen LogP contribution in [0, 0.1) is 0 Å². The molecule has 0 spiro atoms. The number of hydrogen-bond acceptors (Lipinski definition) is 4. The van der Waals surface area contributed by atoms with E-state index in [4.69, 9.17) is 4.74 Å². The molecule has 1 aromatic carbocycles. The highest BCUT2D eigenvalue weighted by Gasteiger charge is 2.20. The number of halogens is 1. The average Bonchev–Trinajstić information content (AvgIpc) is 2.28. The Hall–Kier alpha value is -1.36. The Labute approximate surface area is 101 Å². The van der Waals surface area contributed by atoms with Crippen LogP contribution in [-0.2, 0) is 0 Å². The molecule has 1 aliphatic heterocycles. The van der Waals surface area contributed by atoms with Gasteiger partial charge >= 0.3 is 0 Å². The number of rotatable bonds is 0. The summed E-state index contributed by atoms with van der Waals surface area (Å²) in [5.41, 5.74) is 1.91. The van der Waals surface area contributed by atoms with Crippen molar-refractivity contribution in [2.75, 3.05) is 25.1 Å². The molecule has 0 saturated heterocycles. The number of nitrogens with zero attached hydrogens (tertiary/aromatic N) is 3. The smallest absolute Gasteiger partial charge is 0.258 e. The van der Waals surface area contributed by atoms with Crippen molar-refractivity contribution >= 4 is 32.5 Å². The number of anilines is 1. The largest absolute Gasteiger partial charge is 0.473 e. The van der Waals surface area contributed by atoms with Gasteiger partial charge in [0.25, 0.3) is 5.88 Å². The standard InChI is InChI=1S/C11H10BrN3O/c1-15-4-5-16-11-10(15)8-6-7(12)2-3-9(8)13-14-11/h2-3,6H,4-5H2,1H3. The van der Waals surface area contributed by atoms with Crippen LogP contribution in [-0.4, -0.2) is 30.4 Å². The minimum atomic E-state index is 0.624. The third kappa shape index (κ3) is 1.43. The number of likely N-dealkylation sites (N-methyl/N-ethyl adjacent to an activating group) is 1. The molecule has 0 saturated carbocycles. The topological polar surface area (TPSA) is 38.2 Å². The fourth-order valence-electron chi connectivity index (χ4n) is 1.90. The van der Waals surface area contributed by atoms with Crippen molar-refractivity contribution in [2.45, 2.75) is 0 Å². The zero-order valence-electron chi connectivity index (χ0n) is 8.77. The number of ether oxygens (including phenoxy) is 1. The molecule has 0 atom stereocenters. The van der Waals surface area contributed by atoms with Crippen molar-refractivity contribution in [1.82, 2.24) is 10.2 Å². The highest BCUT2D eigenvalue weighted by atomic mass is 79.9. The van der Waals surface area contributed by atoms with E-state index < -0.39 is 0 Å². The lowest BCUT2D eigenvalue weighted by Crippen LogP contribution is -2.29. The normalized spacial score (nSPS) is 14.8. The van der Waals surface area contributed by atoms with Crippen LogP contribution in [0.1, 0.15) is 0 Å². The Bertz CT molecular complexity index is 558. The highest BCUT2D eigenvalue weighted by Crippen LogP contribution is 2.35. The molecule has 3 rings (SSSR count). The fourth-order valence-corrected chi connectivity index (χ4v) is 2.27. The Morgan fingerprint density at radius 1 is 1.38 bits per heavy atom. The predicted molar refractivity (Wildman–Crippen MR) is 66.0 cm³/mol. The van der Waals surface area contributed by atoms with Gasteiger partial charge in [0.05, 0.1) is 12.1 Å². The third-order valence-corrected chi connectivity index (χ3v) is 3.21. The van der Waals surface area contributed by atoms with Crippen LogP contribution < -0.4 is 9.64 Å². The van der Waals surface area contributed by atoms with E-state index in [9.17, 15) is 0 Å². The molecular formula is C11H10BrN3O. The minimum Gasteiger partial charge on any atom is -0.473 e. The van der Waals surface area contributed by atoms with Crippen LogP contribution in [0.5, 0.6) is 5.88 Å². The van der Waals surface area contributed by atoms with Crippen molar-refractivity contribution in [3.63, 3.8) is 0 Å². The first-order valence-corrected chi connectivity index (χ1v) is 5.85. The summed E-state index contributed by atoms with van der Waals surface area (Å²) in [6.45, 7) is 1.54. The van der Waals surface area contributed by atoms with E-state index in [1.165, 1.54) is 0 Å². The zero-order valence-corrected chi connectivity index (χ0v) is 10.4. The minimum absolute atomic E-state index is 0.624. The first kappa shape index (κ1) is 9.84. The third-order valence-electron chi connectivity index (χ3n) is 2.71. The van der Waals surface area contributed by atoms with Crippen LogP contribution in [0.15, 0.2) is 22.7 Å². The first-order chi connectivity index (χ1) is 7.75. The SMILES string of the molecule is CN1CCOc2nnc3ccc(Br)cc3c21. The van der Waals surface area contributed by atoms with E-state index in [1.807, 2.05) is 25.2 Å². The summed E-state index contributed by atoms with van der Waals surface area (Å²) >= 11 is 3.47. The lowest BCUT2D eigenvalue weighted by atomic mass is 10.2. The summed E-state index contributed by atoms with van der Waals surface area (Å²) in [6.07, 6.45) is 0. The molecule has 0 bridgehead atoms. The summed E-state index contributed by atoms with van der Waals surface area (Å²) in [5.74, 6) is 0.624. The van der Waals surface area contributed by atoms with Gasteiger partial charge in [0.1, 0.15) is 12.3 Å². The molecule has 0 amide bonds. The molecule has 0 N–H and O–H groups in total. The second kappa shape index (κ2) is 3.59. The predicted octanol–water partition coefficient (Wildman–Crippen LogP) is 2.22. The van der Waals surface area contributed by atoms with Gasteiger partial charge in [0.2, 0.25) is 0 Å². The second-order valence-corrected chi connectivity index (χ2v) is 4.70. The number of hydrogen-bond donors (Lipinski definition) is 0. The Balaban J connectivity index is 2.36. The lowest BCUT2D eigenvalue weighted by molar-refractivity contribution is 0.296. The molecule has 82 valence electrons. The van der Waals surface area contributed by atoms with Crippen molar-refractivity contribution in [2.24, 2.45) is 0 Å². The average molecular weight is 280 g/mol. The van der Waals surface area contributed by atoms with Gasteiger partial charge in [-0.1, -0.05) is 15.9 Å². The maximum atomic E-state index is 5.51. The number of fused-ring (bicyclic) bond motifs is 3. The summed E-state index contributed by atoms with van der Waals surface area (Å²) in [5, 5.41) is 9.32. The molecule has 0 radical (unpaired) electrons. The molecule has 1 aromatic heterocycles. The number of benzene rings is 1. The van der Waals surface area contributed by atoms with Crippen molar-refractivity contribution in [3.05, 3.63) is 22.7 Å². The van der Waals surface area contributed by atoms with Crippen molar-refractivity contribution < 1.29 is 4.74 Å². The van der Waals surface area contributed by atoms with Gasteiger partial charge < -0.3 is 9.64 Å². The molecule has 5 heteroatoms. The quantitative estimate of drug-likeness (QED) is 0.741. The van der Waals surface area contributed by atoms with Crippen LogP contribution >= 0.6 is 15.9 Å². The van der Waals surface area contributed by atoms with Gasteiger partial charge in [-0.05, 0) is 18.2 Å². The Morgan fingerprint density at radius 2 is 2.25 bits per heavy atom. The fraction of sp³-hybridized carbons (Fsp3) is 0.273. The van der Waals surface area contributed by atoms with E-state index in [0.717, 1.165) is 27.6 Å². The maximum Gasteiger partial charge on any atom is 0.258 e. The first-order valence-electron chi connectivity index (χ1n) is 5.05. The van der Waals surface area contributed by atoms with Crippen LogP contribution in [0.4, 0.5) is 5.69 Å².